The summed E-state index contributed by atoms with van der Waals surface area (Å²) >= 11 is 1.64. The predicted octanol–water partition coefficient (Wildman–Crippen LogP) is 3.30. The van der Waals surface area contributed by atoms with Gasteiger partial charge in [0.1, 0.15) is 0 Å². The van der Waals surface area contributed by atoms with E-state index in [9.17, 15) is 9.59 Å². The number of carbonyl (C=O) groups is 2. The van der Waals surface area contributed by atoms with Gasteiger partial charge in [-0.3, -0.25) is 9.59 Å². The van der Waals surface area contributed by atoms with Crippen LogP contribution in [0, 0.1) is 0 Å². The molecular weight excluding hydrogens is 334 g/mol. The molecule has 3 N–H and O–H groups in total. The van der Waals surface area contributed by atoms with Crippen LogP contribution in [-0.4, -0.2) is 24.1 Å². The van der Waals surface area contributed by atoms with Gasteiger partial charge in [0, 0.05) is 40.6 Å². The van der Waals surface area contributed by atoms with E-state index in [1.54, 1.807) is 22.7 Å². The number of nitrogen functional groups attached to an aromatic ring is 1. The number of amides is 2. The van der Waals surface area contributed by atoms with E-state index in [4.69, 9.17) is 5.73 Å². The van der Waals surface area contributed by atoms with Crippen molar-refractivity contribution in [2.24, 2.45) is 0 Å². The minimum Gasteiger partial charge on any atom is -0.398 e. The van der Waals surface area contributed by atoms with Gasteiger partial charge in [0.15, 0.2) is 0 Å². The Labute approximate surface area is 150 Å². The van der Waals surface area contributed by atoms with Gasteiger partial charge < -0.3 is 16.0 Å². The summed E-state index contributed by atoms with van der Waals surface area (Å²) in [7, 11) is 0. The first-order chi connectivity index (χ1) is 12.1. The zero-order chi connectivity index (χ0) is 17.4. The fraction of sp³-hybridized carbons (Fsp3) is 0.263. The molecule has 0 saturated carbocycles. The van der Waals surface area contributed by atoms with Crippen LogP contribution in [-0.2, 0) is 11.2 Å². The first-order valence-electron chi connectivity index (χ1n) is 8.39. The Bertz CT molecular complexity index is 866. The number of nitrogens with two attached hydrogens (primary N) is 1. The quantitative estimate of drug-likeness (QED) is 0.772. The number of anilines is 3. The van der Waals surface area contributed by atoms with Gasteiger partial charge in [-0.2, -0.15) is 0 Å². The average Bonchev–Trinajstić information content (AvgIpc) is 2.81. The molecule has 2 aromatic rings. The second-order valence-electron chi connectivity index (χ2n) is 6.26. The molecule has 25 heavy (non-hydrogen) atoms. The number of thioether (sulfide) groups is 1. The van der Waals surface area contributed by atoms with E-state index in [-0.39, 0.29) is 11.8 Å². The SMILES string of the molecule is Nc1cccc2c1CCCN2C(=O)c1ccc2c(c1)NC(=O)CCS2. The van der Waals surface area contributed by atoms with Crippen molar-refractivity contribution in [1.29, 1.82) is 0 Å². The van der Waals surface area contributed by atoms with Crippen LogP contribution >= 0.6 is 11.8 Å². The van der Waals surface area contributed by atoms with Gasteiger partial charge in [0.05, 0.1) is 5.69 Å². The fourth-order valence-electron chi connectivity index (χ4n) is 3.37. The van der Waals surface area contributed by atoms with Crippen molar-refractivity contribution in [3.8, 4) is 0 Å². The predicted molar refractivity (Wildman–Crippen MR) is 101 cm³/mol. The molecule has 6 heteroatoms. The number of hydrogen-bond acceptors (Lipinski definition) is 4. The summed E-state index contributed by atoms with van der Waals surface area (Å²) in [4.78, 5) is 27.7. The Kier molecular flexibility index (Phi) is 4.13. The molecule has 5 nitrogen and oxygen atoms in total. The molecule has 0 aromatic heterocycles. The van der Waals surface area contributed by atoms with Crippen LogP contribution < -0.4 is 16.0 Å². The maximum Gasteiger partial charge on any atom is 0.258 e. The van der Waals surface area contributed by atoms with Crippen molar-refractivity contribution in [1.82, 2.24) is 0 Å². The maximum atomic E-state index is 13.1. The third-order valence-electron chi connectivity index (χ3n) is 4.62. The molecule has 0 radical (unpaired) electrons. The van der Waals surface area contributed by atoms with E-state index in [0.717, 1.165) is 46.1 Å². The first-order valence-corrected chi connectivity index (χ1v) is 9.38. The first kappa shape index (κ1) is 16.0. The van der Waals surface area contributed by atoms with Gasteiger partial charge in [-0.25, -0.2) is 0 Å². The van der Waals surface area contributed by atoms with Crippen molar-refractivity contribution in [2.75, 3.05) is 28.2 Å². The molecule has 0 fully saturated rings. The van der Waals surface area contributed by atoms with E-state index < -0.39 is 0 Å². The normalized spacial score (nSPS) is 16.5. The highest BCUT2D eigenvalue weighted by Crippen LogP contribution is 2.34. The lowest BCUT2D eigenvalue weighted by Gasteiger charge is -2.30. The van der Waals surface area contributed by atoms with Gasteiger partial charge >= 0.3 is 0 Å². The zero-order valence-electron chi connectivity index (χ0n) is 13.7. The third-order valence-corrected chi connectivity index (χ3v) is 5.69. The Balaban J connectivity index is 1.69. The molecule has 4 rings (SSSR count). The molecule has 128 valence electrons. The van der Waals surface area contributed by atoms with Crippen LogP contribution in [0.5, 0.6) is 0 Å². The molecule has 0 saturated heterocycles. The maximum absolute atomic E-state index is 13.1. The van der Waals surface area contributed by atoms with Gasteiger partial charge in [-0.1, -0.05) is 6.07 Å². The van der Waals surface area contributed by atoms with Crippen LogP contribution in [0.15, 0.2) is 41.3 Å². The number of fused-ring (bicyclic) bond motifs is 2. The molecule has 0 bridgehead atoms. The Morgan fingerprint density at radius 2 is 2.08 bits per heavy atom. The minimum atomic E-state index is -0.0576. The summed E-state index contributed by atoms with van der Waals surface area (Å²) in [5, 5.41) is 2.90. The lowest BCUT2D eigenvalue weighted by Crippen LogP contribution is -2.35. The molecule has 2 aliphatic rings. The van der Waals surface area contributed by atoms with Crippen LogP contribution in [0.1, 0.15) is 28.8 Å². The molecule has 2 amide bonds. The van der Waals surface area contributed by atoms with Gasteiger partial charge in [-0.15, -0.1) is 11.8 Å². The summed E-state index contributed by atoms with van der Waals surface area (Å²) in [6, 6.07) is 11.3. The van der Waals surface area contributed by atoms with Gasteiger partial charge in [0.25, 0.3) is 5.91 Å². The Hall–Kier alpha value is -2.47. The number of hydrogen-bond donors (Lipinski definition) is 2. The third kappa shape index (κ3) is 2.98. The van der Waals surface area contributed by atoms with Crippen LogP contribution in [0.3, 0.4) is 0 Å². The average molecular weight is 353 g/mol. The smallest absolute Gasteiger partial charge is 0.258 e. The topological polar surface area (TPSA) is 75.4 Å². The molecule has 0 unspecified atom stereocenters. The summed E-state index contributed by atoms with van der Waals surface area (Å²) in [6.07, 6.45) is 2.27. The summed E-state index contributed by atoms with van der Waals surface area (Å²) < 4.78 is 0. The number of benzene rings is 2. The number of rotatable bonds is 1. The second-order valence-corrected chi connectivity index (χ2v) is 7.40. The largest absolute Gasteiger partial charge is 0.398 e. The molecule has 2 aromatic carbocycles. The van der Waals surface area contributed by atoms with Crippen LogP contribution in [0.25, 0.3) is 0 Å². The van der Waals surface area contributed by atoms with E-state index in [0.29, 0.717) is 18.5 Å². The highest BCUT2D eigenvalue weighted by Gasteiger charge is 2.25. The second kappa shape index (κ2) is 6.44. The standard InChI is InChI=1S/C19H19N3O2S/c20-14-4-1-5-16-13(14)3-2-9-22(16)19(24)12-6-7-17-15(11-12)21-18(23)8-10-25-17/h1,4-7,11H,2-3,8-10,20H2,(H,21,23). The number of carbonyl (C=O) groups excluding carboxylic acids is 2. The van der Waals surface area contributed by atoms with Crippen LogP contribution in [0.4, 0.5) is 17.1 Å². The highest BCUT2D eigenvalue weighted by molar-refractivity contribution is 7.99. The van der Waals surface area contributed by atoms with E-state index in [1.807, 2.05) is 30.3 Å². The number of nitrogens with one attached hydrogen (secondary N) is 1. The number of nitrogens with zero attached hydrogens (tertiary/aromatic N) is 1. The van der Waals surface area contributed by atoms with Gasteiger partial charge in [0.2, 0.25) is 5.91 Å². The van der Waals surface area contributed by atoms with Crippen molar-refractivity contribution < 1.29 is 9.59 Å². The van der Waals surface area contributed by atoms with Crippen molar-refractivity contribution >= 4 is 40.6 Å². The van der Waals surface area contributed by atoms with Crippen LogP contribution in [0.2, 0.25) is 0 Å². The highest BCUT2D eigenvalue weighted by atomic mass is 32.2. The lowest BCUT2D eigenvalue weighted by atomic mass is 9.99. The molecule has 0 spiro atoms. The van der Waals surface area contributed by atoms with E-state index >= 15 is 0 Å². The monoisotopic (exact) mass is 353 g/mol. The van der Waals surface area contributed by atoms with Crippen molar-refractivity contribution in [2.45, 2.75) is 24.2 Å². The lowest BCUT2D eigenvalue weighted by molar-refractivity contribution is -0.115. The van der Waals surface area contributed by atoms with E-state index in [2.05, 4.69) is 5.32 Å². The minimum absolute atomic E-state index is 0.00746. The fourth-order valence-corrected chi connectivity index (χ4v) is 4.31. The summed E-state index contributed by atoms with van der Waals surface area (Å²) in [5.41, 5.74) is 10.1. The summed E-state index contributed by atoms with van der Waals surface area (Å²) in [5.74, 6) is 0.690. The summed E-state index contributed by atoms with van der Waals surface area (Å²) in [6.45, 7) is 0.674. The molecule has 2 heterocycles. The van der Waals surface area contributed by atoms with Gasteiger partial charge in [-0.05, 0) is 48.7 Å². The zero-order valence-corrected chi connectivity index (χ0v) is 14.6. The van der Waals surface area contributed by atoms with E-state index in [1.165, 1.54) is 0 Å². The molecule has 0 atom stereocenters. The van der Waals surface area contributed by atoms with Crippen molar-refractivity contribution in [3.05, 3.63) is 47.5 Å². The molecule has 0 aliphatic carbocycles. The Morgan fingerprint density at radius 3 is 2.96 bits per heavy atom. The molecule has 2 aliphatic heterocycles. The Morgan fingerprint density at radius 1 is 1.20 bits per heavy atom. The van der Waals surface area contributed by atoms with Crippen molar-refractivity contribution in [3.63, 3.8) is 0 Å². The molecular formula is C19H19N3O2S.